The van der Waals surface area contributed by atoms with Crippen molar-refractivity contribution in [1.29, 1.82) is 0 Å². The molecule has 0 aromatic rings. The standard InChI is InChI=1S/C14H29N/c1-5-8-14(3,4)9-11-15-10-6-7-13(2)12-15/h13H,5-12H2,1-4H3. The van der Waals surface area contributed by atoms with Crippen LogP contribution in [0.25, 0.3) is 0 Å². The van der Waals surface area contributed by atoms with Crippen molar-refractivity contribution in [2.24, 2.45) is 11.3 Å². The fourth-order valence-electron chi connectivity index (χ4n) is 2.75. The SMILES string of the molecule is CCCC(C)(C)CCN1CCCC(C)C1. The molecule has 0 aliphatic carbocycles. The molecule has 0 aromatic carbocycles. The van der Waals surface area contributed by atoms with E-state index in [1.165, 1.54) is 51.7 Å². The second-order valence-corrected chi connectivity index (χ2v) is 6.21. The molecule has 1 nitrogen and oxygen atoms in total. The lowest BCUT2D eigenvalue weighted by atomic mass is 9.84. The molecule has 0 amide bonds. The molecule has 0 aromatic heterocycles. The molecule has 15 heavy (non-hydrogen) atoms. The molecule has 1 atom stereocenters. The monoisotopic (exact) mass is 211 g/mol. The average Bonchev–Trinajstić information content (AvgIpc) is 2.15. The van der Waals surface area contributed by atoms with Crippen LogP contribution in [0.1, 0.15) is 59.8 Å². The largest absolute Gasteiger partial charge is 0.303 e. The van der Waals surface area contributed by atoms with Crippen LogP contribution in [0.2, 0.25) is 0 Å². The topological polar surface area (TPSA) is 3.24 Å². The van der Waals surface area contributed by atoms with Gasteiger partial charge in [-0.2, -0.15) is 0 Å². The summed E-state index contributed by atoms with van der Waals surface area (Å²) in [4.78, 5) is 2.67. The Balaban J connectivity index is 2.23. The van der Waals surface area contributed by atoms with Crippen LogP contribution in [0.3, 0.4) is 0 Å². The van der Waals surface area contributed by atoms with Crippen LogP contribution in [0.15, 0.2) is 0 Å². The molecular formula is C14H29N. The summed E-state index contributed by atoms with van der Waals surface area (Å²) in [7, 11) is 0. The third-order valence-electron chi connectivity index (χ3n) is 3.77. The summed E-state index contributed by atoms with van der Waals surface area (Å²) in [5.41, 5.74) is 0.551. The maximum atomic E-state index is 2.67. The van der Waals surface area contributed by atoms with Crippen LogP contribution < -0.4 is 0 Å². The lowest BCUT2D eigenvalue weighted by Gasteiger charge is -2.34. The van der Waals surface area contributed by atoms with Gasteiger partial charge in [0.05, 0.1) is 0 Å². The van der Waals surface area contributed by atoms with E-state index >= 15 is 0 Å². The Kier molecular flexibility index (Phi) is 5.11. The van der Waals surface area contributed by atoms with Crippen molar-refractivity contribution < 1.29 is 0 Å². The zero-order valence-electron chi connectivity index (χ0n) is 11.2. The van der Waals surface area contributed by atoms with Crippen molar-refractivity contribution in [3.8, 4) is 0 Å². The van der Waals surface area contributed by atoms with Crippen molar-refractivity contribution in [3.63, 3.8) is 0 Å². The highest BCUT2D eigenvalue weighted by Crippen LogP contribution is 2.27. The molecule has 1 unspecified atom stereocenters. The van der Waals surface area contributed by atoms with E-state index < -0.39 is 0 Å². The highest BCUT2D eigenvalue weighted by molar-refractivity contribution is 4.74. The van der Waals surface area contributed by atoms with E-state index in [1.54, 1.807) is 0 Å². The first kappa shape index (κ1) is 13.0. The summed E-state index contributed by atoms with van der Waals surface area (Å²) >= 11 is 0. The van der Waals surface area contributed by atoms with Gasteiger partial charge in [0.15, 0.2) is 0 Å². The van der Waals surface area contributed by atoms with Crippen molar-refractivity contribution in [2.45, 2.75) is 59.8 Å². The maximum Gasteiger partial charge on any atom is 0.000703 e. The van der Waals surface area contributed by atoms with Gasteiger partial charge in [-0.05, 0) is 50.1 Å². The van der Waals surface area contributed by atoms with Crippen LogP contribution in [0, 0.1) is 11.3 Å². The average molecular weight is 211 g/mol. The first-order chi connectivity index (χ1) is 7.03. The second kappa shape index (κ2) is 5.89. The Morgan fingerprint density at radius 3 is 2.60 bits per heavy atom. The number of hydrogen-bond donors (Lipinski definition) is 0. The van der Waals surface area contributed by atoms with Crippen LogP contribution in [0.4, 0.5) is 0 Å². The van der Waals surface area contributed by atoms with Gasteiger partial charge in [-0.25, -0.2) is 0 Å². The van der Waals surface area contributed by atoms with Gasteiger partial charge in [0.1, 0.15) is 0 Å². The molecule has 1 aliphatic heterocycles. The van der Waals surface area contributed by atoms with E-state index in [1.807, 2.05) is 0 Å². The van der Waals surface area contributed by atoms with Crippen molar-refractivity contribution >= 4 is 0 Å². The first-order valence-corrected chi connectivity index (χ1v) is 6.76. The molecule has 1 heteroatoms. The Labute approximate surface area is 96.2 Å². The smallest absolute Gasteiger partial charge is 0.000703 e. The summed E-state index contributed by atoms with van der Waals surface area (Å²) in [5.74, 6) is 0.924. The number of piperidine rings is 1. The van der Waals surface area contributed by atoms with Gasteiger partial charge in [-0.15, -0.1) is 0 Å². The zero-order valence-corrected chi connectivity index (χ0v) is 11.2. The van der Waals surface area contributed by atoms with Crippen molar-refractivity contribution in [2.75, 3.05) is 19.6 Å². The van der Waals surface area contributed by atoms with E-state index in [0.29, 0.717) is 5.41 Å². The fourth-order valence-corrected chi connectivity index (χ4v) is 2.75. The third-order valence-corrected chi connectivity index (χ3v) is 3.77. The molecule has 1 saturated heterocycles. The zero-order chi connectivity index (χ0) is 11.3. The van der Waals surface area contributed by atoms with Crippen LogP contribution in [-0.2, 0) is 0 Å². The minimum absolute atomic E-state index is 0.551. The Hall–Kier alpha value is -0.0400. The molecule has 90 valence electrons. The fraction of sp³-hybridized carbons (Fsp3) is 1.00. The van der Waals surface area contributed by atoms with Crippen LogP contribution >= 0.6 is 0 Å². The number of nitrogens with zero attached hydrogens (tertiary/aromatic N) is 1. The molecule has 1 aliphatic rings. The predicted octanol–water partition coefficient (Wildman–Crippen LogP) is 3.93. The predicted molar refractivity (Wildman–Crippen MR) is 68.1 cm³/mol. The quantitative estimate of drug-likeness (QED) is 0.666. The van der Waals surface area contributed by atoms with Gasteiger partial charge in [0, 0.05) is 6.54 Å². The molecule has 1 heterocycles. The lowest BCUT2D eigenvalue weighted by Crippen LogP contribution is -2.36. The summed E-state index contributed by atoms with van der Waals surface area (Å²) in [6, 6.07) is 0. The summed E-state index contributed by atoms with van der Waals surface area (Å²) in [5, 5.41) is 0. The second-order valence-electron chi connectivity index (χ2n) is 6.21. The molecule has 0 radical (unpaired) electrons. The van der Waals surface area contributed by atoms with Gasteiger partial charge in [-0.3, -0.25) is 0 Å². The van der Waals surface area contributed by atoms with E-state index in [2.05, 4.69) is 32.6 Å². The summed E-state index contributed by atoms with van der Waals surface area (Å²) in [6.07, 6.45) is 6.91. The van der Waals surface area contributed by atoms with Crippen molar-refractivity contribution in [3.05, 3.63) is 0 Å². The molecule has 0 bridgehead atoms. The molecular weight excluding hydrogens is 182 g/mol. The van der Waals surface area contributed by atoms with E-state index in [4.69, 9.17) is 0 Å². The normalized spacial score (nSPS) is 24.4. The van der Waals surface area contributed by atoms with E-state index in [-0.39, 0.29) is 0 Å². The molecule has 1 rings (SSSR count). The lowest BCUT2D eigenvalue weighted by molar-refractivity contribution is 0.154. The highest BCUT2D eigenvalue weighted by atomic mass is 15.1. The first-order valence-electron chi connectivity index (χ1n) is 6.76. The minimum Gasteiger partial charge on any atom is -0.303 e. The van der Waals surface area contributed by atoms with Gasteiger partial charge in [-0.1, -0.05) is 34.1 Å². The molecule has 0 spiro atoms. The van der Waals surface area contributed by atoms with Crippen LogP contribution in [0.5, 0.6) is 0 Å². The van der Waals surface area contributed by atoms with Gasteiger partial charge >= 0.3 is 0 Å². The Bertz CT molecular complexity index is 174. The Morgan fingerprint density at radius 1 is 1.27 bits per heavy atom. The van der Waals surface area contributed by atoms with Crippen LogP contribution in [-0.4, -0.2) is 24.5 Å². The van der Waals surface area contributed by atoms with Gasteiger partial charge in [0.2, 0.25) is 0 Å². The number of likely N-dealkylation sites (tertiary alicyclic amines) is 1. The summed E-state index contributed by atoms with van der Waals surface area (Å²) in [6.45, 7) is 13.5. The summed E-state index contributed by atoms with van der Waals surface area (Å²) < 4.78 is 0. The molecule has 0 saturated carbocycles. The third kappa shape index (κ3) is 5.01. The van der Waals surface area contributed by atoms with E-state index in [0.717, 1.165) is 5.92 Å². The molecule has 1 fully saturated rings. The van der Waals surface area contributed by atoms with Gasteiger partial charge < -0.3 is 4.90 Å². The van der Waals surface area contributed by atoms with Gasteiger partial charge in [0.25, 0.3) is 0 Å². The van der Waals surface area contributed by atoms with Crippen molar-refractivity contribution in [1.82, 2.24) is 4.90 Å². The Morgan fingerprint density at radius 2 is 2.00 bits per heavy atom. The maximum absolute atomic E-state index is 2.67. The number of hydrogen-bond acceptors (Lipinski definition) is 1. The number of rotatable bonds is 5. The molecule has 0 N–H and O–H groups in total. The van der Waals surface area contributed by atoms with E-state index in [9.17, 15) is 0 Å². The minimum atomic E-state index is 0.551. The highest BCUT2D eigenvalue weighted by Gasteiger charge is 2.20.